The zero-order chi connectivity index (χ0) is 39.4. The molecule has 3 aliphatic heterocycles. The van der Waals surface area contributed by atoms with Gasteiger partial charge in [0.15, 0.2) is 0 Å². The van der Waals surface area contributed by atoms with Crippen molar-refractivity contribution in [3.8, 4) is 5.75 Å². The Labute approximate surface area is 336 Å². The Morgan fingerprint density at radius 2 is 1.77 bits per heavy atom. The molecular formula is C44H49N7O5S. The van der Waals surface area contributed by atoms with Crippen LogP contribution in [0.25, 0.3) is 15.9 Å². The van der Waals surface area contributed by atoms with Crippen LogP contribution in [0, 0.1) is 18.3 Å². The largest absolute Gasteiger partial charge is 0.494 e. The van der Waals surface area contributed by atoms with Crippen molar-refractivity contribution < 1.29 is 23.9 Å². The number of aryl methyl sites for hydroxylation is 1. The number of likely N-dealkylation sites (tertiary alicyclic amines) is 1. The van der Waals surface area contributed by atoms with Crippen LogP contribution in [0.4, 0.5) is 11.4 Å². The summed E-state index contributed by atoms with van der Waals surface area (Å²) in [5.74, 6) is 0.500. The van der Waals surface area contributed by atoms with Crippen LogP contribution in [-0.4, -0.2) is 82.2 Å². The number of hydrogen-bond acceptors (Lipinski definition) is 10. The molecule has 1 spiro atoms. The molecule has 2 aliphatic carbocycles. The Morgan fingerprint density at radius 3 is 2.51 bits per heavy atom. The van der Waals surface area contributed by atoms with E-state index in [4.69, 9.17) is 9.72 Å². The highest BCUT2D eigenvalue weighted by Gasteiger charge is 2.47. The zero-order valence-electron chi connectivity index (χ0n) is 32.6. The van der Waals surface area contributed by atoms with E-state index >= 15 is 0 Å². The predicted molar refractivity (Wildman–Crippen MR) is 220 cm³/mol. The van der Waals surface area contributed by atoms with Gasteiger partial charge in [-0.25, -0.2) is 9.97 Å². The minimum Gasteiger partial charge on any atom is -0.494 e. The summed E-state index contributed by atoms with van der Waals surface area (Å²) in [4.78, 5) is 64.6. The number of piperidine rings is 2. The first-order chi connectivity index (χ1) is 27.6. The van der Waals surface area contributed by atoms with Gasteiger partial charge in [0.1, 0.15) is 17.5 Å². The number of ether oxygens (including phenoxy) is 1. The maximum Gasteiger partial charge on any atom is 0.274 e. The summed E-state index contributed by atoms with van der Waals surface area (Å²) < 4.78 is 6.69. The number of carbonyl (C=O) groups is 4. The first-order valence-corrected chi connectivity index (χ1v) is 21.1. The van der Waals surface area contributed by atoms with Crippen LogP contribution in [0.2, 0.25) is 0 Å². The maximum atomic E-state index is 13.7. The van der Waals surface area contributed by atoms with Gasteiger partial charge in [-0.05, 0) is 113 Å². The molecule has 57 heavy (non-hydrogen) atoms. The van der Waals surface area contributed by atoms with Gasteiger partial charge in [-0.15, -0.1) is 11.3 Å². The monoisotopic (exact) mass is 787 g/mol. The molecule has 0 radical (unpaired) electrons. The number of rotatable bonds is 9. The molecule has 296 valence electrons. The number of hydrogen-bond donors (Lipinski definition) is 3. The summed E-state index contributed by atoms with van der Waals surface area (Å²) in [6.07, 6.45) is 9.78. The Balaban J connectivity index is 0.750. The number of carbonyl (C=O) groups excluding carboxylic acids is 4. The van der Waals surface area contributed by atoms with Crippen LogP contribution in [0.1, 0.15) is 107 Å². The Hall–Kier alpha value is -5.14. The van der Waals surface area contributed by atoms with Gasteiger partial charge < -0.3 is 20.3 Å². The van der Waals surface area contributed by atoms with Gasteiger partial charge in [0.05, 0.1) is 33.6 Å². The second-order valence-corrected chi connectivity index (χ2v) is 17.8. The van der Waals surface area contributed by atoms with Gasteiger partial charge in [0.25, 0.3) is 11.8 Å². The molecule has 4 amide bonds. The molecule has 2 aromatic heterocycles. The van der Waals surface area contributed by atoms with E-state index in [0.29, 0.717) is 58.1 Å². The second kappa shape index (κ2) is 15.0. The van der Waals surface area contributed by atoms with Crippen LogP contribution in [0.3, 0.4) is 0 Å². The maximum absolute atomic E-state index is 13.7. The van der Waals surface area contributed by atoms with Crippen molar-refractivity contribution in [2.45, 2.75) is 89.1 Å². The van der Waals surface area contributed by atoms with Gasteiger partial charge in [-0.1, -0.05) is 24.8 Å². The van der Waals surface area contributed by atoms with Crippen molar-refractivity contribution in [2.24, 2.45) is 11.3 Å². The van der Waals surface area contributed by atoms with Crippen LogP contribution < -0.4 is 20.7 Å². The fourth-order valence-corrected chi connectivity index (χ4v) is 11.1. The Bertz CT molecular complexity index is 2280. The molecule has 1 unspecified atom stereocenters. The third-order valence-corrected chi connectivity index (χ3v) is 14.2. The highest BCUT2D eigenvalue weighted by Crippen LogP contribution is 2.51. The van der Waals surface area contributed by atoms with E-state index in [9.17, 15) is 19.2 Å². The number of anilines is 2. The number of pyridine rings is 1. The summed E-state index contributed by atoms with van der Waals surface area (Å²) in [6.45, 7) is 9.45. The molecule has 5 heterocycles. The van der Waals surface area contributed by atoms with E-state index in [2.05, 4.69) is 32.4 Å². The lowest BCUT2D eigenvalue weighted by atomic mass is 9.60. The minimum absolute atomic E-state index is 0.208. The predicted octanol–water partition coefficient (Wildman–Crippen LogP) is 7.12. The van der Waals surface area contributed by atoms with E-state index in [0.717, 1.165) is 72.5 Å². The number of imide groups is 1. The highest BCUT2D eigenvalue weighted by molar-refractivity contribution is 7.18. The number of aromatic nitrogens is 2. The van der Waals surface area contributed by atoms with E-state index in [1.165, 1.54) is 35.6 Å². The fraction of sp³-hybridized carbons (Fsp3) is 0.455. The van der Waals surface area contributed by atoms with Gasteiger partial charge >= 0.3 is 0 Å². The van der Waals surface area contributed by atoms with Crippen molar-refractivity contribution in [2.75, 3.05) is 37.4 Å². The fourth-order valence-electron chi connectivity index (χ4n) is 9.93. The minimum atomic E-state index is -0.723. The average molecular weight is 788 g/mol. The van der Waals surface area contributed by atoms with E-state index < -0.39 is 11.9 Å². The third-order valence-electron chi connectivity index (χ3n) is 13.1. The summed E-state index contributed by atoms with van der Waals surface area (Å²) in [5, 5.41) is 10.2. The second-order valence-electron chi connectivity index (χ2n) is 16.8. The molecule has 4 fully saturated rings. The third kappa shape index (κ3) is 7.20. The topological polar surface area (TPSA) is 146 Å². The molecule has 2 aromatic carbocycles. The lowest BCUT2D eigenvalue weighted by Gasteiger charge is -2.53. The Kier molecular flexibility index (Phi) is 9.84. The van der Waals surface area contributed by atoms with Crippen molar-refractivity contribution in [1.29, 1.82) is 0 Å². The van der Waals surface area contributed by atoms with Crippen molar-refractivity contribution in [3.05, 3.63) is 82.6 Å². The van der Waals surface area contributed by atoms with E-state index in [-0.39, 0.29) is 24.1 Å². The summed E-state index contributed by atoms with van der Waals surface area (Å²) in [7, 11) is 1.61. The molecule has 0 bridgehead atoms. The van der Waals surface area contributed by atoms with Crippen molar-refractivity contribution >= 4 is 62.3 Å². The molecule has 2 saturated heterocycles. The summed E-state index contributed by atoms with van der Waals surface area (Å²) in [6, 6.07) is 14.7. The smallest absolute Gasteiger partial charge is 0.274 e. The normalized spacial score (nSPS) is 23.7. The first-order valence-electron chi connectivity index (χ1n) is 20.3. The van der Waals surface area contributed by atoms with Crippen LogP contribution in [0.15, 0.2) is 55.1 Å². The van der Waals surface area contributed by atoms with Crippen molar-refractivity contribution in [3.63, 3.8) is 0 Å². The van der Waals surface area contributed by atoms with E-state index in [1.807, 2.05) is 49.4 Å². The number of nitrogens with zero attached hydrogens (tertiary/aromatic N) is 4. The molecular weight excluding hydrogens is 739 g/mol. The van der Waals surface area contributed by atoms with Gasteiger partial charge in [-0.2, -0.15) is 0 Å². The molecule has 4 aromatic rings. The van der Waals surface area contributed by atoms with Crippen LogP contribution >= 0.6 is 11.3 Å². The van der Waals surface area contributed by atoms with Crippen LogP contribution in [-0.2, 0) is 9.59 Å². The average Bonchev–Trinajstić information content (AvgIpc) is 3.72. The summed E-state index contributed by atoms with van der Waals surface area (Å²) in [5.41, 5.74) is 5.69. The van der Waals surface area contributed by atoms with Gasteiger partial charge in [0, 0.05) is 53.6 Å². The zero-order valence-corrected chi connectivity index (χ0v) is 33.4. The molecule has 13 heteroatoms. The van der Waals surface area contributed by atoms with Gasteiger partial charge in [-0.3, -0.25) is 29.4 Å². The number of benzene rings is 2. The lowest BCUT2D eigenvalue weighted by Crippen LogP contribution is -2.52. The molecule has 9 rings (SSSR count). The molecule has 3 N–H and O–H groups in total. The molecule has 5 aliphatic rings. The number of nitrogens with one attached hydrogen (secondary N) is 3. The highest BCUT2D eigenvalue weighted by atomic mass is 32.1. The van der Waals surface area contributed by atoms with Crippen LogP contribution in [0.5, 0.6) is 5.75 Å². The summed E-state index contributed by atoms with van der Waals surface area (Å²) >= 11 is 1.72. The van der Waals surface area contributed by atoms with E-state index in [1.54, 1.807) is 24.5 Å². The molecule has 12 nitrogen and oxygen atoms in total. The van der Waals surface area contributed by atoms with Crippen molar-refractivity contribution in [1.82, 2.24) is 25.1 Å². The molecule has 1 atom stereocenters. The SMILES string of the molecule is C=C1c2cccc(NC3CC4(CCN(CC5CCC(c6nc7cc(OC)c(NC(=O)c8cccc(C)n8)cc7s6)CC5)CC4)C3)c2C(=O)N1C1CCC(=O)NC1=O. The Morgan fingerprint density at radius 1 is 1.00 bits per heavy atom. The standard InChI is InChI=1S/C44H49N7O5S/c1-25-6-4-9-32(45-25)40(53)47-33-21-37-34(20-36(33)56-3)48-42(57-37)28-12-10-27(11-13-28)24-50-18-16-44(17-19-50)22-29(23-44)46-31-8-5-7-30-26(2)51(43(55)39(30)31)35-14-15-38(52)49-41(35)54/h4-9,20-21,27-29,35,46H,2,10-19,22-24H2,1,3H3,(H,47,53)(H,49,52,54). The number of methoxy groups -OCH3 is 1. The molecule has 2 saturated carbocycles. The number of thiazole rings is 1. The number of amides is 4. The quantitative estimate of drug-likeness (QED) is 0.151. The lowest BCUT2D eigenvalue weighted by molar-refractivity contribution is -0.136. The first kappa shape index (κ1) is 37.4. The number of fused-ring (bicyclic) bond motifs is 2. The van der Waals surface area contributed by atoms with Gasteiger partial charge in [0.2, 0.25) is 11.8 Å².